The van der Waals surface area contributed by atoms with E-state index < -0.39 is 23.5 Å². The smallest absolute Gasteiger partial charge is 0.333 e. The third kappa shape index (κ3) is 6.09. The van der Waals surface area contributed by atoms with Crippen molar-refractivity contribution >= 4 is 17.5 Å². The minimum absolute atomic E-state index is 0.136. The summed E-state index contributed by atoms with van der Waals surface area (Å²) in [6.45, 7) is 1.13. The van der Waals surface area contributed by atoms with Crippen LogP contribution >= 0.6 is 0 Å². The fourth-order valence-electron chi connectivity index (χ4n) is 2.42. The molecule has 0 saturated carbocycles. The standard InChI is InChI=1S/C19H18F4N2O2/c1-13(26)25(11-10-14-4-2-3-5-17(14)20)12-18(27)24-16-8-6-15(7-9-16)19(21,22)23/h2-9H,10-12H2,1H3,(H,24,27). The van der Waals surface area contributed by atoms with Crippen LogP contribution in [0.5, 0.6) is 0 Å². The van der Waals surface area contributed by atoms with Gasteiger partial charge in [-0.1, -0.05) is 18.2 Å². The predicted molar refractivity (Wildman–Crippen MR) is 92.4 cm³/mol. The summed E-state index contributed by atoms with van der Waals surface area (Å²) < 4.78 is 51.3. The normalized spacial score (nSPS) is 11.1. The SMILES string of the molecule is CC(=O)N(CCc1ccccc1F)CC(=O)Nc1ccc(C(F)(F)F)cc1. The van der Waals surface area contributed by atoms with Crippen LogP contribution < -0.4 is 5.32 Å². The van der Waals surface area contributed by atoms with E-state index in [2.05, 4.69) is 5.32 Å². The number of anilines is 1. The molecule has 0 spiro atoms. The molecule has 2 aromatic carbocycles. The Bertz CT molecular complexity index is 804. The molecule has 0 radical (unpaired) electrons. The van der Waals surface area contributed by atoms with Crippen molar-refractivity contribution in [1.82, 2.24) is 4.90 Å². The van der Waals surface area contributed by atoms with E-state index in [1.807, 2.05) is 0 Å². The largest absolute Gasteiger partial charge is 0.416 e. The Morgan fingerprint density at radius 2 is 1.67 bits per heavy atom. The predicted octanol–water partition coefficient (Wildman–Crippen LogP) is 3.87. The first kappa shape index (κ1) is 20.4. The van der Waals surface area contributed by atoms with E-state index in [4.69, 9.17) is 0 Å². The topological polar surface area (TPSA) is 49.4 Å². The zero-order chi connectivity index (χ0) is 20.0. The minimum Gasteiger partial charge on any atom is -0.333 e. The first-order valence-electron chi connectivity index (χ1n) is 8.13. The van der Waals surface area contributed by atoms with E-state index >= 15 is 0 Å². The van der Waals surface area contributed by atoms with Crippen molar-refractivity contribution < 1.29 is 27.2 Å². The number of hydrogen-bond donors (Lipinski definition) is 1. The van der Waals surface area contributed by atoms with Crippen LogP contribution in [0.1, 0.15) is 18.1 Å². The summed E-state index contributed by atoms with van der Waals surface area (Å²) in [5.41, 5.74) is -0.215. The van der Waals surface area contributed by atoms with E-state index in [0.29, 0.717) is 5.56 Å². The molecule has 0 heterocycles. The second-order valence-electron chi connectivity index (χ2n) is 5.91. The Labute approximate surface area is 153 Å². The van der Waals surface area contributed by atoms with Crippen molar-refractivity contribution in [3.63, 3.8) is 0 Å². The first-order chi connectivity index (χ1) is 12.7. The number of alkyl halides is 3. The van der Waals surface area contributed by atoms with Gasteiger partial charge in [0.15, 0.2) is 0 Å². The number of carbonyl (C=O) groups excluding carboxylic acids is 2. The Balaban J connectivity index is 1.94. The molecule has 0 fully saturated rings. The molecular formula is C19H18F4N2O2. The highest BCUT2D eigenvalue weighted by Gasteiger charge is 2.30. The zero-order valence-electron chi connectivity index (χ0n) is 14.5. The van der Waals surface area contributed by atoms with Crippen LogP contribution in [0.2, 0.25) is 0 Å². The molecule has 0 unspecified atom stereocenters. The number of nitrogens with zero attached hydrogens (tertiary/aromatic N) is 1. The van der Waals surface area contributed by atoms with E-state index in [1.165, 1.54) is 17.9 Å². The van der Waals surface area contributed by atoms with Gasteiger partial charge in [-0.05, 0) is 42.3 Å². The van der Waals surface area contributed by atoms with Crippen molar-refractivity contribution in [2.75, 3.05) is 18.4 Å². The van der Waals surface area contributed by atoms with Crippen LogP contribution in [0.25, 0.3) is 0 Å². The molecule has 27 heavy (non-hydrogen) atoms. The molecule has 0 saturated heterocycles. The monoisotopic (exact) mass is 382 g/mol. The lowest BCUT2D eigenvalue weighted by Crippen LogP contribution is -2.38. The quantitative estimate of drug-likeness (QED) is 0.771. The number of carbonyl (C=O) groups is 2. The molecular weight excluding hydrogens is 364 g/mol. The Morgan fingerprint density at radius 3 is 2.22 bits per heavy atom. The molecule has 2 rings (SSSR count). The number of benzene rings is 2. The summed E-state index contributed by atoms with van der Waals surface area (Å²) in [6, 6.07) is 10.1. The Morgan fingerprint density at radius 1 is 1.04 bits per heavy atom. The van der Waals surface area contributed by atoms with Crippen LogP contribution in [0.3, 0.4) is 0 Å². The Hall–Kier alpha value is -2.90. The second-order valence-corrected chi connectivity index (χ2v) is 5.91. The highest BCUT2D eigenvalue weighted by molar-refractivity contribution is 5.94. The van der Waals surface area contributed by atoms with Crippen LogP contribution in [0.4, 0.5) is 23.2 Å². The van der Waals surface area contributed by atoms with Gasteiger partial charge in [0.1, 0.15) is 5.82 Å². The van der Waals surface area contributed by atoms with Gasteiger partial charge in [0.2, 0.25) is 11.8 Å². The van der Waals surface area contributed by atoms with Gasteiger partial charge in [-0.15, -0.1) is 0 Å². The summed E-state index contributed by atoms with van der Waals surface area (Å²) in [4.78, 5) is 25.0. The molecule has 0 atom stereocenters. The summed E-state index contributed by atoms with van der Waals surface area (Å²) >= 11 is 0. The summed E-state index contributed by atoms with van der Waals surface area (Å²) in [5, 5.41) is 2.44. The van der Waals surface area contributed by atoms with Gasteiger partial charge in [-0.25, -0.2) is 4.39 Å². The van der Waals surface area contributed by atoms with Crippen LogP contribution in [-0.4, -0.2) is 29.8 Å². The fraction of sp³-hybridized carbons (Fsp3) is 0.263. The van der Waals surface area contributed by atoms with Gasteiger partial charge in [0, 0.05) is 19.2 Å². The molecule has 0 aromatic heterocycles. The molecule has 0 aliphatic carbocycles. The van der Waals surface area contributed by atoms with E-state index in [1.54, 1.807) is 18.2 Å². The van der Waals surface area contributed by atoms with Crippen LogP contribution in [0.15, 0.2) is 48.5 Å². The molecule has 2 amide bonds. The van der Waals surface area contributed by atoms with Gasteiger partial charge in [-0.3, -0.25) is 9.59 Å². The molecule has 1 N–H and O–H groups in total. The van der Waals surface area contributed by atoms with E-state index in [-0.39, 0.29) is 31.1 Å². The lowest BCUT2D eigenvalue weighted by molar-refractivity contribution is -0.137. The molecule has 0 aliphatic rings. The number of amides is 2. The van der Waals surface area contributed by atoms with Gasteiger partial charge in [0.05, 0.1) is 12.1 Å². The lowest BCUT2D eigenvalue weighted by Gasteiger charge is -2.20. The van der Waals surface area contributed by atoms with Crippen LogP contribution in [0, 0.1) is 5.82 Å². The van der Waals surface area contributed by atoms with Crippen molar-refractivity contribution in [2.45, 2.75) is 19.5 Å². The van der Waals surface area contributed by atoms with E-state index in [0.717, 1.165) is 24.3 Å². The van der Waals surface area contributed by atoms with Gasteiger partial charge in [-0.2, -0.15) is 13.2 Å². The molecule has 144 valence electrons. The zero-order valence-corrected chi connectivity index (χ0v) is 14.5. The molecule has 8 heteroatoms. The highest BCUT2D eigenvalue weighted by atomic mass is 19.4. The highest BCUT2D eigenvalue weighted by Crippen LogP contribution is 2.29. The third-order valence-electron chi connectivity index (χ3n) is 3.88. The van der Waals surface area contributed by atoms with Crippen LogP contribution in [-0.2, 0) is 22.2 Å². The van der Waals surface area contributed by atoms with Crippen molar-refractivity contribution in [3.05, 3.63) is 65.5 Å². The number of halogens is 4. The van der Waals surface area contributed by atoms with Gasteiger partial charge < -0.3 is 10.2 Å². The summed E-state index contributed by atoms with van der Waals surface area (Å²) in [6.07, 6.45) is -4.22. The average Bonchev–Trinajstić information content (AvgIpc) is 2.59. The summed E-state index contributed by atoms with van der Waals surface area (Å²) in [7, 11) is 0. The third-order valence-corrected chi connectivity index (χ3v) is 3.88. The second kappa shape index (κ2) is 8.66. The van der Waals surface area contributed by atoms with E-state index in [9.17, 15) is 27.2 Å². The number of hydrogen-bond acceptors (Lipinski definition) is 2. The van der Waals surface area contributed by atoms with Crippen molar-refractivity contribution in [3.8, 4) is 0 Å². The fourth-order valence-corrected chi connectivity index (χ4v) is 2.42. The van der Waals surface area contributed by atoms with Crippen molar-refractivity contribution in [1.29, 1.82) is 0 Å². The first-order valence-corrected chi connectivity index (χ1v) is 8.13. The van der Waals surface area contributed by atoms with Crippen molar-refractivity contribution in [2.24, 2.45) is 0 Å². The summed E-state index contributed by atoms with van der Waals surface area (Å²) in [5.74, 6) is -1.32. The molecule has 0 aliphatic heterocycles. The minimum atomic E-state index is -4.46. The van der Waals surface area contributed by atoms with Gasteiger partial charge >= 0.3 is 6.18 Å². The maximum atomic E-state index is 13.6. The number of rotatable bonds is 6. The molecule has 0 bridgehead atoms. The Kier molecular flexibility index (Phi) is 6.55. The van der Waals surface area contributed by atoms with Gasteiger partial charge in [0.25, 0.3) is 0 Å². The average molecular weight is 382 g/mol. The molecule has 4 nitrogen and oxygen atoms in total. The maximum absolute atomic E-state index is 13.6. The number of nitrogens with one attached hydrogen (secondary N) is 1. The maximum Gasteiger partial charge on any atom is 0.416 e. The molecule has 2 aromatic rings. The lowest BCUT2D eigenvalue weighted by atomic mass is 10.1.